The zero-order valence-corrected chi connectivity index (χ0v) is 16.7. The second kappa shape index (κ2) is 8.19. The number of benzene rings is 1. The number of aromatic amines is 1. The van der Waals surface area contributed by atoms with E-state index in [9.17, 15) is 14.4 Å². The predicted molar refractivity (Wildman–Crippen MR) is 108 cm³/mol. The summed E-state index contributed by atoms with van der Waals surface area (Å²) in [4.78, 5) is 48.0. The average molecular weight is 394 g/mol. The van der Waals surface area contributed by atoms with E-state index in [1.54, 1.807) is 4.90 Å². The summed E-state index contributed by atoms with van der Waals surface area (Å²) in [6, 6.07) is 10.0. The molecule has 2 amide bonds. The molecule has 1 aromatic heterocycles. The monoisotopic (exact) mass is 394 g/mol. The highest BCUT2D eigenvalue weighted by atomic mass is 16.2. The molecule has 7 heteroatoms. The number of aromatic nitrogens is 2. The molecule has 2 aromatic rings. The fourth-order valence-electron chi connectivity index (χ4n) is 4.19. The second-order valence-corrected chi connectivity index (χ2v) is 7.88. The third-order valence-electron chi connectivity index (χ3n) is 5.94. The quantitative estimate of drug-likeness (QED) is 0.854. The van der Waals surface area contributed by atoms with Crippen molar-refractivity contribution in [3.63, 3.8) is 0 Å². The summed E-state index contributed by atoms with van der Waals surface area (Å²) in [5.41, 5.74) is 2.42. The number of fused-ring (bicyclic) bond motifs is 1. The van der Waals surface area contributed by atoms with Crippen molar-refractivity contribution in [2.45, 2.75) is 45.1 Å². The van der Waals surface area contributed by atoms with Gasteiger partial charge in [-0.2, -0.15) is 0 Å². The molecule has 3 heterocycles. The fourth-order valence-corrected chi connectivity index (χ4v) is 4.19. The molecule has 1 aromatic carbocycles. The van der Waals surface area contributed by atoms with Gasteiger partial charge in [0.25, 0.3) is 5.56 Å². The minimum atomic E-state index is -0.109. The van der Waals surface area contributed by atoms with Gasteiger partial charge in [0.2, 0.25) is 11.8 Å². The van der Waals surface area contributed by atoms with E-state index >= 15 is 0 Å². The molecular weight excluding hydrogens is 368 g/mol. The zero-order chi connectivity index (χ0) is 20.4. The first-order chi connectivity index (χ1) is 14.0. The molecule has 1 unspecified atom stereocenters. The Morgan fingerprint density at radius 3 is 2.72 bits per heavy atom. The standard InChI is InChI=1S/C22H26N4O3/c1-15(27)25-12-10-18-19(14-25)23-21(24-22(18)29)17-9-11-26(13-17)20(28)8-7-16-5-3-2-4-6-16/h2-6,17H,7-14H2,1H3,(H,23,24,29). The first kappa shape index (κ1) is 19.4. The number of hydrogen-bond donors (Lipinski definition) is 1. The average Bonchev–Trinajstić information content (AvgIpc) is 3.22. The molecule has 0 saturated carbocycles. The highest BCUT2D eigenvalue weighted by Gasteiger charge is 2.30. The number of nitrogens with one attached hydrogen (secondary N) is 1. The predicted octanol–water partition coefficient (Wildman–Crippen LogP) is 1.62. The van der Waals surface area contributed by atoms with Crippen molar-refractivity contribution < 1.29 is 9.59 Å². The van der Waals surface area contributed by atoms with Gasteiger partial charge >= 0.3 is 0 Å². The lowest BCUT2D eigenvalue weighted by Crippen LogP contribution is -2.38. The molecule has 0 aliphatic carbocycles. The number of H-pyrrole nitrogens is 1. The van der Waals surface area contributed by atoms with Crippen molar-refractivity contribution in [1.29, 1.82) is 0 Å². The third-order valence-corrected chi connectivity index (χ3v) is 5.94. The first-order valence-electron chi connectivity index (χ1n) is 10.2. The Labute approximate surface area is 169 Å². The summed E-state index contributed by atoms with van der Waals surface area (Å²) >= 11 is 0. The first-order valence-corrected chi connectivity index (χ1v) is 10.2. The number of carbonyl (C=O) groups is 2. The number of aryl methyl sites for hydroxylation is 1. The third kappa shape index (κ3) is 4.23. The van der Waals surface area contributed by atoms with E-state index in [1.165, 1.54) is 6.92 Å². The maximum atomic E-state index is 12.6. The molecule has 2 aliphatic heterocycles. The highest BCUT2D eigenvalue weighted by Crippen LogP contribution is 2.26. The van der Waals surface area contributed by atoms with E-state index in [0.717, 1.165) is 18.4 Å². The Balaban J connectivity index is 1.42. The molecule has 1 atom stereocenters. The van der Waals surface area contributed by atoms with Crippen LogP contribution in [0.25, 0.3) is 0 Å². The summed E-state index contributed by atoms with van der Waals surface area (Å²) in [5.74, 6) is 0.800. The van der Waals surface area contributed by atoms with Crippen LogP contribution < -0.4 is 5.56 Å². The second-order valence-electron chi connectivity index (χ2n) is 7.88. The molecule has 7 nitrogen and oxygen atoms in total. The van der Waals surface area contributed by atoms with E-state index in [-0.39, 0.29) is 23.3 Å². The van der Waals surface area contributed by atoms with Crippen molar-refractivity contribution in [3.05, 3.63) is 63.3 Å². The normalized spacial score (nSPS) is 18.6. The summed E-state index contributed by atoms with van der Waals surface area (Å²) in [5, 5.41) is 0. The zero-order valence-electron chi connectivity index (χ0n) is 16.7. The van der Waals surface area contributed by atoms with E-state index in [0.29, 0.717) is 56.1 Å². The van der Waals surface area contributed by atoms with Gasteiger partial charge in [-0.1, -0.05) is 30.3 Å². The minimum Gasteiger partial charge on any atom is -0.342 e. The number of rotatable bonds is 4. The van der Waals surface area contributed by atoms with Gasteiger partial charge in [0.15, 0.2) is 0 Å². The molecule has 0 radical (unpaired) electrons. The van der Waals surface area contributed by atoms with Crippen LogP contribution in [0.15, 0.2) is 35.1 Å². The largest absolute Gasteiger partial charge is 0.342 e. The number of amides is 2. The van der Waals surface area contributed by atoms with Crippen LogP contribution in [0.1, 0.15) is 48.3 Å². The molecule has 0 bridgehead atoms. The Hall–Kier alpha value is -2.96. The fraction of sp³-hybridized carbons (Fsp3) is 0.455. The van der Waals surface area contributed by atoms with Crippen LogP contribution >= 0.6 is 0 Å². The molecule has 152 valence electrons. The Kier molecular flexibility index (Phi) is 5.47. The topological polar surface area (TPSA) is 86.4 Å². The Morgan fingerprint density at radius 2 is 1.97 bits per heavy atom. The smallest absolute Gasteiger partial charge is 0.254 e. The van der Waals surface area contributed by atoms with Crippen LogP contribution in [0.4, 0.5) is 0 Å². The van der Waals surface area contributed by atoms with Gasteiger partial charge < -0.3 is 14.8 Å². The van der Waals surface area contributed by atoms with Crippen LogP contribution in [0, 0.1) is 0 Å². The van der Waals surface area contributed by atoms with Gasteiger partial charge in [0, 0.05) is 44.5 Å². The molecule has 29 heavy (non-hydrogen) atoms. The van der Waals surface area contributed by atoms with Crippen molar-refractivity contribution in [1.82, 2.24) is 19.8 Å². The molecule has 1 saturated heterocycles. The maximum Gasteiger partial charge on any atom is 0.254 e. The molecule has 1 N–H and O–H groups in total. The van der Waals surface area contributed by atoms with E-state index in [4.69, 9.17) is 0 Å². The van der Waals surface area contributed by atoms with Crippen LogP contribution in [-0.2, 0) is 29.0 Å². The van der Waals surface area contributed by atoms with Gasteiger partial charge in [-0.05, 0) is 24.8 Å². The summed E-state index contributed by atoms with van der Waals surface area (Å²) in [7, 11) is 0. The maximum absolute atomic E-state index is 12.6. The molecule has 4 rings (SSSR count). The summed E-state index contributed by atoms with van der Waals surface area (Å²) < 4.78 is 0. The number of hydrogen-bond acceptors (Lipinski definition) is 4. The van der Waals surface area contributed by atoms with Gasteiger partial charge in [0.1, 0.15) is 5.82 Å². The van der Waals surface area contributed by atoms with Gasteiger partial charge in [-0.15, -0.1) is 0 Å². The van der Waals surface area contributed by atoms with E-state index in [1.807, 2.05) is 35.2 Å². The van der Waals surface area contributed by atoms with Crippen LogP contribution in [-0.4, -0.2) is 51.2 Å². The Bertz CT molecular complexity index is 970. The van der Waals surface area contributed by atoms with Crippen molar-refractivity contribution in [2.24, 2.45) is 0 Å². The molecule has 0 spiro atoms. The van der Waals surface area contributed by atoms with Crippen molar-refractivity contribution in [3.8, 4) is 0 Å². The van der Waals surface area contributed by atoms with E-state index < -0.39 is 0 Å². The van der Waals surface area contributed by atoms with Crippen LogP contribution in [0.2, 0.25) is 0 Å². The molecule has 2 aliphatic rings. The summed E-state index contributed by atoms with van der Waals surface area (Å²) in [6.45, 7) is 3.73. The van der Waals surface area contributed by atoms with Gasteiger partial charge in [-0.25, -0.2) is 4.98 Å². The van der Waals surface area contributed by atoms with Crippen molar-refractivity contribution >= 4 is 11.8 Å². The highest BCUT2D eigenvalue weighted by molar-refractivity contribution is 5.77. The van der Waals surface area contributed by atoms with Crippen molar-refractivity contribution in [2.75, 3.05) is 19.6 Å². The van der Waals surface area contributed by atoms with Crippen LogP contribution in [0.3, 0.4) is 0 Å². The van der Waals surface area contributed by atoms with Gasteiger partial charge in [0.05, 0.1) is 12.2 Å². The van der Waals surface area contributed by atoms with Crippen LogP contribution in [0.5, 0.6) is 0 Å². The SMILES string of the molecule is CC(=O)N1CCc2c(nc(C3CCN(C(=O)CCc4ccccc4)C3)[nH]c2=O)C1. The minimum absolute atomic E-state index is 0.00432. The van der Waals surface area contributed by atoms with E-state index in [2.05, 4.69) is 9.97 Å². The lowest BCUT2D eigenvalue weighted by atomic mass is 10.0. The number of carbonyl (C=O) groups excluding carboxylic acids is 2. The number of likely N-dealkylation sites (tertiary alicyclic amines) is 1. The Morgan fingerprint density at radius 1 is 1.17 bits per heavy atom. The number of nitrogens with zero attached hydrogens (tertiary/aromatic N) is 3. The molecule has 1 fully saturated rings. The lowest BCUT2D eigenvalue weighted by molar-refractivity contribution is -0.130. The lowest BCUT2D eigenvalue weighted by Gasteiger charge is -2.27. The summed E-state index contributed by atoms with van der Waals surface area (Å²) in [6.07, 6.45) is 2.54. The molecular formula is C22H26N4O3. The van der Waals surface area contributed by atoms with Gasteiger partial charge in [-0.3, -0.25) is 14.4 Å².